The van der Waals surface area contributed by atoms with Crippen molar-refractivity contribution in [3.05, 3.63) is 29.8 Å². The average Bonchev–Trinajstić information content (AvgIpc) is 2.90. The van der Waals surface area contributed by atoms with Crippen LogP contribution in [0.15, 0.2) is 23.1 Å². The minimum Gasteiger partial charge on any atom is -0.396 e. The number of amides is 1. The van der Waals surface area contributed by atoms with Gasteiger partial charge >= 0.3 is 0 Å². The lowest BCUT2D eigenvalue weighted by atomic mass is 10.1. The van der Waals surface area contributed by atoms with Gasteiger partial charge in [-0.1, -0.05) is 6.42 Å². The predicted octanol–water partition coefficient (Wildman–Crippen LogP) is 2.72. The fourth-order valence-electron chi connectivity index (χ4n) is 2.55. The minimum absolute atomic E-state index is 0.0598. The van der Waals surface area contributed by atoms with Crippen molar-refractivity contribution in [1.29, 1.82) is 0 Å². The molecule has 1 aliphatic carbocycles. The van der Waals surface area contributed by atoms with Gasteiger partial charge < -0.3 is 10.4 Å². The Kier molecular flexibility index (Phi) is 5.99. The third-order valence-corrected chi connectivity index (χ3v) is 4.72. The molecule has 1 saturated carbocycles. The average molecular weight is 315 g/mol. The Balaban J connectivity index is 1.72. The molecule has 2 N–H and O–H groups in total. The summed E-state index contributed by atoms with van der Waals surface area (Å²) < 4.78 is 25.8. The molecule has 2 atom stereocenters. The quantitative estimate of drug-likeness (QED) is 0.794. The van der Waals surface area contributed by atoms with E-state index in [1.54, 1.807) is 0 Å². The molecule has 0 bridgehead atoms. The topological polar surface area (TPSA) is 49.3 Å². The standard InChI is InChI=1S/C15H19F2NO2S/c16-12-5-4-11(8-13(12)17)21-7-6-15(20)18-14-3-1-2-10(14)9-19/h4-5,8,10,14,19H,1-3,6-7,9H2,(H,18,20). The van der Waals surface area contributed by atoms with E-state index in [0.29, 0.717) is 17.1 Å². The van der Waals surface area contributed by atoms with Crippen LogP contribution in [0.25, 0.3) is 0 Å². The van der Waals surface area contributed by atoms with Gasteiger partial charge in [0.1, 0.15) is 0 Å². The fourth-order valence-corrected chi connectivity index (χ4v) is 3.43. The first kappa shape index (κ1) is 16.2. The molecule has 2 unspecified atom stereocenters. The summed E-state index contributed by atoms with van der Waals surface area (Å²) in [5, 5.41) is 12.1. The maximum Gasteiger partial charge on any atom is 0.221 e. The van der Waals surface area contributed by atoms with Crippen LogP contribution in [-0.2, 0) is 4.79 Å². The van der Waals surface area contributed by atoms with Gasteiger partial charge in [0.15, 0.2) is 11.6 Å². The second-order valence-electron chi connectivity index (χ2n) is 5.22. The highest BCUT2D eigenvalue weighted by atomic mass is 32.2. The highest BCUT2D eigenvalue weighted by Crippen LogP contribution is 2.25. The van der Waals surface area contributed by atoms with Gasteiger partial charge in [-0.05, 0) is 31.0 Å². The summed E-state index contributed by atoms with van der Waals surface area (Å²) in [6.07, 6.45) is 3.20. The largest absolute Gasteiger partial charge is 0.396 e. The second-order valence-corrected chi connectivity index (χ2v) is 6.39. The Morgan fingerprint density at radius 3 is 2.86 bits per heavy atom. The molecule has 2 rings (SSSR count). The van der Waals surface area contributed by atoms with Gasteiger partial charge in [0.05, 0.1) is 0 Å². The van der Waals surface area contributed by atoms with Crippen LogP contribution >= 0.6 is 11.8 Å². The van der Waals surface area contributed by atoms with Gasteiger partial charge in [0, 0.05) is 35.6 Å². The zero-order valence-corrected chi connectivity index (χ0v) is 12.5. The summed E-state index contributed by atoms with van der Waals surface area (Å²) in [5.41, 5.74) is 0. The number of aliphatic hydroxyl groups is 1. The first-order valence-corrected chi connectivity index (χ1v) is 8.07. The Morgan fingerprint density at radius 2 is 2.14 bits per heavy atom. The van der Waals surface area contributed by atoms with Crippen LogP contribution in [0.4, 0.5) is 8.78 Å². The van der Waals surface area contributed by atoms with E-state index >= 15 is 0 Å². The summed E-state index contributed by atoms with van der Waals surface area (Å²) in [6.45, 7) is 0.106. The number of carbonyl (C=O) groups excluding carboxylic acids is 1. The second kappa shape index (κ2) is 7.75. The van der Waals surface area contributed by atoms with E-state index in [1.165, 1.54) is 17.8 Å². The molecule has 21 heavy (non-hydrogen) atoms. The van der Waals surface area contributed by atoms with Crippen molar-refractivity contribution in [2.75, 3.05) is 12.4 Å². The number of aliphatic hydroxyl groups excluding tert-OH is 1. The first-order chi connectivity index (χ1) is 10.1. The van der Waals surface area contributed by atoms with Crippen LogP contribution in [0, 0.1) is 17.6 Å². The van der Waals surface area contributed by atoms with Crippen LogP contribution in [0.5, 0.6) is 0 Å². The third kappa shape index (κ3) is 4.68. The van der Waals surface area contributed by atoms with Crippen molar-refractivity contribution < 1.29 is 18.7 Å². The molecule has 1 amide bonds. The van der Waals surface area contributed by atoms with Crippen molar-refractivity contribution in [3.63, 3.8) is 0 Å². The number of hydrogen-bond donors (Lipinski definition) is 2. The number of rotatable bonds is 6. The molecular formula is C15H19F2NO2S. The van der Waals surface area contributed by atoms with Crippen LogP contribution in [0.1, 0.15) is 25.7 Å². The van der Waals surface area contributed by atoms with Gasteiger partial charge in [0.25, 0.3) is 0 Å². The van der Waals surface area contributed by atoms with Gasteiger partial charge in [-0.25, -0.2) is 8.78 Å². The number of halogens is 2. The van der Waals surface area contributed by atoms with Crippen LogP contribution < -0.4 is 5.32 Å². The lowest BCUT2D eigenvalue weighted by Gasteiger charge is -2.18. The highest BCUT2D eigenvalue weighted by molar-refractivity contribution is 7.99. The van der Waals surface area contributed by atoms with E-state index in [1.807, 2.05) is 0 Å². The lowest BCUT2D eigenvalue weighted by Crippen LogP contribution is -2.38. The molecule has 0 radical (unpaired) electrons. The van der Waals surface area contributed by atoms with Gasteiger partial charge in [-0.15, -0.1) is 11.8 Å². The molecule has 1 aliphatic rings. The first-order valence-electron chi connectivity index (χ1n) is 7.08. The molecule has 6 heteroatoms. The molecule has 1 aromatic carbocycles. The number of benzene rings is 1. The van der Waals surface area contributed by atoms with E-state index in [-0.39, 0.29) is 24.5 Å². The van der Waals surface area contributed by atoms with E-state index in [4.69, 9.17) is 0 Å². The summed E-state index contributed by atoms with van der Waals surface area (Å²) in [4.78, 5) is 12.4. The number of thioether (sulfide) groups is 1. The summed E-state index contributed by atoms with van der Waals surface area (Å²) in [5.74, 6) is -1.13. The summed E-state index contributed by atoms with van der Waals surface area (Å²) >= 11 is 1.32. The van der Waals surface area contributed by atoms with Gasteiger partial charge in [-0.3, -0.25) is 4.79 Å². The molecule has 1 aromatic rings. The molecule has 3 nitrogen and oxygen atoms in total. The van der Waals surface area contributed by atoms with Crippen molar-refractivity contribution in [2.24, 2.45) is 5.92 Å². The Hall–Kier alpha value is -1.14. The van der Waals surface area contributed by atoms with Crippen molar-refractivity contribution in [3.8, 4) is 0 Å². The SMILES string of the molecule is O=C(CCSc1ccc(F)c(F)c1)NC1CCCC1CO. The third-order valence-electron chi connectivity index (χ3n) is 3.73. The smallest absolute Gasteiger partial charge is 0.221 e. The lowest BCUT2D eigenvalue weighted by molar-refractivity contribution is -0.121. The normalized spacial score (nSPS) is 21.5. The molecule has 0 aromatic heterocycles. The maximum atomic E-state index is 13.0. The number of nitrogens with one attached hydrogen (secondary N) is 1. The Labute approximate surface area is 127 Å². The Morgan fingerprint density at radius 1 is 1.33 bits per heavy atom. The van der Waals surface area contributed by atoms with E-state index < -0.39 is 11.6 Å². The molecule has 0 heterocycles. The monoisotopic (exact) mass is 315 g/mol. The van der Waals surface area contributed by atoms with Crippen LogP contribution in [-0.4, -0.2) is 29.4 Å². The maximum absolute atomic E-state index is 13.0. The number of carbonyl (C=O) groups is 1. The molecular weight excluding hydrogens is 296 g/mol. The van der Waals surface area contributed by atoms with Crippen molar-refractivity contribution >= 4 is 17.7 Å². The van der Waals surface area contributed by atoms with E-state index in [2.05, 4.69) is 5.32 Å². The van der Waals surface area contributed by atoms with Crippen LogP contribution in [0.2, 0.25) is 0 Å². The summed E-state index contributed by atoms with van der Waals surface area (Å²) in [7, 11) is 0. The number of hydrogen-bond acceptors (Lipinski definition) is 3. The Bertz CT molecular complexity index is 499. The van der Waals surface area contributed by atoms with Crippen molar-refractivity contribution in [2.45, 2.75) is 36.6 Å². The van der Waals surface area contributed by atoms with E-state index in [0.717, 1.165) is 31.4 Å². The minimum atomic E-state index is -0.874. The zero-order chi connectivity index (χ0) is 15.2. The molecule has 0 spiro atoms. The van der Waals surface area contributed by atoms with Gasteiger partial charge in [-0.2, -0.15) is 0 Å². The molecule has 0 aliphatic heterocycles. The molecule has 0 saturated heterocycles. The zero-order valence-electron chi connectivity index (χ0n) is 11.6. The molecule has 1 fully saturated rings. The van der Waals surface area contributed by atoms with E-state index in [9.17, 15) is 18.7 Å². The summed E-state index contributed by atoms with van der Waals surface area (Å²) in [6, 6.07) is 3.79. The van der Waals surface area contributed by atoms with Gasteiger partial charge in [0.2, 0.25) is 5.91 Å². The van der Waals surface area contributed by atoms with Crippen molar-refractivity contribution in [1.82, 2.24) is 5.32 Å². The molecule has 116 valence electrons. The van der Waals surface area contributed by atoms with Crippen LogP contribution in [0.3, 0.4) is 0 Å². The highest BCUT2D eigenvalue weighted by Gasteiger charge is 2.27. The fraction of sp³-hybridized carbons (Fsp3) is 0.533. The predicted molar refractivity (Wildman–Crippen MR) is 78.1 cm³/mol.